The van der Waals surface area contributed by atoms with E-state index in [1.54, 1.807) is 12.1 Å². The van der Waals surface area contributed by atoms with Gasteiger partial charge in [0, 0.05) is 30.7 Å². The molecule has 2 aliphatic rings. The first-order valence-electron chi connectivity index (χ1n) is 5.99. The Bertz CT molecular complexity index is 377. The lowest BCUT2D eigenvalue weighted by Crippen LogP contribution is -2.62. The van der Waals surface area contributed by atoms with Gasteiger partial charge in [0.2, 0.25) is 0 Å². The fraction of sp³-hybridized carbons (Fsp3) is 0.538. The number of hydrogen-bond donors (Lipinski definition) is 1. The lowest BCUT2D eigenvalue weighted by atomic mass is 9.74. The van der Waals surface area contributed by atoms with Crippen LogP contribution in [0, 0.1) is 11.2 Å². The van der Waals surface area contributed by atoms with Crippen LogP contribution in [0.4, 0.5) is 10.1 Å². The monoisotopic (exact) mass is 220 g/mol. The maximum atomic E-state index is 13.1. The van der Waals surface area contributed by atoms with Crippen LogP contribution in [-0.4, -0.2) is 26.2 Å². The number of benzene rings is 1. The summed E-state index contributed by atoms with van der Waals surface area (Å²) in [4.78, 5) is 2.27. The van der Waals surface area contributed by atoms with Crippen molar-refractivity contribution in [3.8, 4) is 0 Å². The summed E-state index contributed by atoms with van der Waals surface area (Å²) in [5.74, 6) is -0.139. The maximum absolute atomic E-state index is 13.1. The molecule has 86 valence electrons. The van der Waals surface area contributed by atoms with Gasteiger partial charge in [0.1, 0.15) is 5.82 Å². The molecule has 3 rings (SSSR count). The van der Waals surface area contributed by atoms with Crippen molar-refractivity contribution in [2.45, 2.75) is 12.8 Å². The van der Waals surface area contributed by atoms with Crippen molar-refractivity contribution in [2.75, 3.05) is 31.1 Å². The Morgan fingerprint density at radius 2 is 2.19 bits per heavy atom. The highest BCUT2D eigenvalue weighted by Gasteiger charge is 2.43. The number of hydrogen-bond acceptors (Lipinski definition) is 2. The molecule has 0 atom stereocenters. The molecule has 0 radical (unpaired) electrons. The van der Waals surface area contributed by atoms with E-state index in [9.17, 15) is 4.39 Å². The summed E-state index contributed by atoms with van der Waals surface area (Å²) in [6.07, 6.45) is 2.59. The molecule has 1 N–H and O–H groups in total. The van der Waals surface area contributed by atoms with Gasteiger partial charge < -0.3 is 10.2 Å². The predicted octanol–water partition coefficient (Wildman–Crippen LogP) is 2.02. The molecule has 3 heteroatoms. The number of rotatable bonds is 1. The number of anilines is 1. The van der Waals surface area contributed by atoms with Gasteiger partial charge in [-0.05, 0) is 37.6 Å². The fourth-order valence-electron chi connectivity index (χ4n) is 2.92. The van der Waals surface area contributed by atoms with E-state index in [1.807, 2.05) is 6.07 Å². The van der Waals surface area contributed by atoms with E-state index < -0.39 is 0 Å². The summed E-state index contributed by atoms with van der Waals surface area (Å²) in [5.41, 5.74) is 1.49. The molecule has 0 aliphatic carbocycles. The molecule has 0 bridgehead atoms. The zero-order chi connectivity index (χ0) is 11.0. The quantitative estimate of drug-likeness (QED) is 0.779. The SMILES string of the molecule is Fc1cccc(N2CC3(CCCNC3)C2)c1. The minimum atomic E-state index is -0.139. The Kier molecular flexibility index (Phi) is 2.36. The predicted molar refractivity (Wildman–Crippen MR) is 63.1 cm³/mol. The third kappa shape index (κ3) is 1.69. The highest BCUT2D eigenvalue weighted by Crippen LogP contribution is 2.39. The molecular weight excluding hydrogens is 203 g/mol. The molecule has 2 fully saturated rings. The summed E-state index contributed by atoms with van der Waals surface area (Å²) in [5, 5.41) is 3.46. The van der Waals surface area contributed by atoms with E-state index in [-0.39, 0.29) is 5.82 Å². The van der Waals surface area contributed by atoms with Gasteiger partial charge in [-0.1, -0.05) is 6.07 Å². The van der Waals surface area contributed by atoms with Gasteiger partial charge in [-0.2, -0.15) is 0 Å². The van der Waals surface area contributed by atoms with Crippen LogP contribution in [0.5, 0.6) is 0 Å². The molecule has 16 heavy (non-hydrogen) atoms. The van der Waals surface area contributed by atoms with Gasteiger partial charge in [0.25, 0.3) is 0 Å². The topological polar surface area (TPSA) is 15.3 Å². The average Bonchev–Trinajstić information content (AvgIpc) is 2.27. The summed E-state index contributed by atoms with van der Waals surface area (Å²) < 4.78 is 13.1. The van der Waals surface area contributed by atoms with Gasteiger partial charge in [0.15, 0.2) is 0 Å². The highest BCUT2D eigenvalue weighted by atomic mass is 19.1. The van der Waals surface area contributed by atoms with Crippen molar-refractivity contribution in [3.63, 3.8) is 0 Å². The van der Waals surface area contributed by atoms with Crippen molar-refractivity contribution in [1.29, 1.82) is 0 Å². The molecule has 2 heterocycles. The van der Waals surface area contributed by atoms with Crippen molar-refractivity contribution < 1.29 is 4.39 Å². The van der Waals surface area contributed by atoms with E-state index >= 15 is 0 Å². The zero-order valence-corrected chi connectivity index (χ0v) is 9.38. The van der Waals surface area contributed by atoms with Crippen LogP contribution in [0.3, 0.4) is 0 Å². The molecule has 0 unspecified atom stereocenters. The van der Waals surface area contributed by atoms with Crippen LogP contribution < -0.4 is 10.2 Å². The third-order valence-corrected chi connectivity index (χ3v) is 3.79. The summed E-state index contributed by atoms with van der Waals surface area (Å²) in [6.45, 7) is 4.42. The van der Waals surface area contributed by atoms with Crippen LogP contribution in [0.1, 0.15) is 12.8 Å². The molecule has 2 saturated heterocycles. The van der Waals surface area contributed by atoms with Gasteiger partial charge >= 0.3 is 0 Å². The molecular formula is C13H17FN2. The van der Waals surface area contributed by atoms with Crippen molar-refractivity contribution in [2.24, 2.45) is 5.41 Å². The first-order valence-corrected chi connectivity index (χ1v) is 5.99. The third-order valence-electron chi connectivity index (χ3n) is 3.79. The second-order valence-corrected chi connectivity index (χ2v) is 5.12. The first kappa shape index (κ1) is 10.1. The van der Waals surface area contributed by atoms with Crippen molar-refractivity contribution in [1.82, 2.24) is 5.32 Å². The molecule has 1 spiro atoms. The Balaban J connectivity index is 1.68. The minimum Gasteiger partial charge on any atom is -0.370 e. The van der Waals surface area contributed by atoms with Gasteiger partial charge in [-0.15, -0.1) is 0 Å². The lowest BCUT2D eigenvalue weighted by Gasteiger charge is -2.53. The lowest BCUT2D eigenvalue weighted by molar-refractivity contribution is 0.157. The van der Waals surface area contributed by atoms with Gasteiger partial charge in [0.05, 0.1) is 0 Å². The Morgan fingerprint density at radius 3 is 2.88 bits per heavy atom. The molecule has 2 nitrogen and oxygen atoms in total. The van der Waals surface area contributed by atoms with Gasteiger partial charge in [-0.25, -0.2) is 4.39 Å². The van der Waals surface area contributed by atoms with E-state index in [2.05, 4.69) is 10.2 Å². The number of piperidine rings is 1. The van der Waals surface area contributed by atoms with Crippen LogP contribution in [0.2, 0.25) is 0 Å². The standard InChI is InChI=1S/C13H17FN2/c14-11-3-1-4-12(7-11)16-9-13(10-16)5-2-6-15-8-13/h1,3-4,7,15H,2,5-6,8-10H2. The minimum absolute atomic E-state index is 0.139. The van der Waals surface area contributed by atoms with Crippen molar-refractivity contribution >= 4 is 5.69 Å². The summed E-state index contributed by atoms with van der Waals surface area (Å²) in [7, 11) is 0. The molecule has 0 amide bonds. The Labute approximate surface area is 95.4 Å². The Hall–Kier alpha value is -1.09. The molecule has 2 aliphatic heterocycles. The van der Waals surface area contributed by atoms with Gasteiger partial charge in [-0.3, -0.25) is 0 Å². The number of nitrogens with zero attached hydrogens (tertiary/aromatic N) is 1. The normalized spacial score (nSPS) is 23.2. The molecule has 1 aromatic rings. The largest absolute Gasteiger partial charge is 0.370 e. The molecule has 1 aromatic carbocycles. The number of nitrogens with one attached hydrogen (secondary N) is 1. The van der Waals surface area contributed by atoms with Crippen molar-refractivity contribution in [3.05, 3.63) is 30.1 Å². The van der Waals surface area contributed by atoms with Crippen LogP contribution in [0.25, 0.3) is 0 Å². The average molecular weight is 220 g/mol. The molecule has 0 aromatic heterocycles. The fourth-order valence-corrected chi connectivity index (χ4v) is 2.92. The summed E-state index contributed by atoms with van der Waals surface area (Å²) >= 11 is 0. The summed E-state index contributed by atoms with van der Waals surface area (Å²) in [6, 6.07) is 6.91. The second kappa shape index (κ2) is 3.74. The molecule has 0 saturated carbocycles. The van der Waals surface area contributed by atoms with E-state index in [1.165, 1.54) is 18.9 Å². The number of halogens is 1. The van der Waals surface area contributed by atoms with E-state index in [0.29, 0.717) is 5.41 Å². The van der Waals surface area contributed by atoms with Crippen LogP contribution >= 0.6 is 0 Å². The first-order chi connectivity index (χ1) is 7.77. The zero-order valence-electron chi connectivity index (χ0n) is 9.38. The maximum Gasteiger partial charge on any atom is 0.125 e. The van der Waals surface area contributed by atoms with E-state index in [4.69, 9.17) is 0 Å². The van der Waals surface area contributed by atoms with Crippen LogP contribution in [-0.2, 0) is 0 Å². The smallest absolute Gasteiger partial charge is 0.125 e. The Morgan fingerprint density at radius 1 is 1.31 bits per heavy atom. The van der Waals surface area contributed by atoms with Crippen LogP contribution in [0.15, 0.2) is 24.3 Å². The highest BCUT2D eigenvalue weighted by molar-refractivity contribution is 5.50. The second-order valence-electron chi connectivity index (χ2n) is 5.12. The van der Waals surface area contributed by atoms with E-state index in [0.717, 1.165) is 31.9 Å².